The Kier molecular flexibility index (Phi) is 6.93. The second kappa shape index (κ2) is 10.2. The largest absolute Gasteiger partial charge is 0.385 e. The zero-order chi connectivity index (χ0) is 21.5. The molecule has 0 saturated heterocycles. The molecular formula is C22H29N7O2. The van der Waals surface area contributed by atoms with E-state index in [0.29, 0.717) is 29.7 Å². The molecule has 0 unspecified atom stereocenters. The minimum absolute atomic E-state index is 0.272. The van der Waals surface area contributed by atoms with Gasteiger partial charge in [0.2, 0.25) is 0 Å². The van der Waals surface area contributed by atoms with Crippen LogP contribution >= 0.6 is 0 Å². The molecule has 0 aromatic carbocycles. The number of carbonyl (C=O) groups excluding carboxylic acids is 1. The number of pyridine rings is 1. The van der Waals surface area contributed by atoms with Crippen molar-refractivity contribution in [2.24, 2.45) is 0 Å². The maximum Gasteiger partial charge on any atom is 0.276 e. The number of rotatable bonds is 9. The van der Waals surface area contributed by atoms with Crippen molar-refractivity contribution in [3.63, 3.8) is 0 Å². The Labute approximate surface area is 181 Å². The van der Waals surface area contributed by atoms with Crippen molar-refractivity contribution in [1.29, 1.82) is 0 Å². The van der Waals surface area contributed by atoms with E-state index in [-0.39, 0.29) is 5.91 Å². The molecule has 0 aliphatic heterocycles. The van der Waals surface area contributed by atoms with Gasteiger partial charge in [0.25, 0.3) is 5.91 Å². The summed E-state index contributed by atoms with van der Waals surface area (Å²) >= 11 is 0. The fourth-order valence-corrected chi connectivity index (χ4v) is 3.85. The van der Waals surface area contributed by atoms with E-state index in [1.165, 1.54) is 19.3 Å². The number of imidazole rings is 1. The van der Waals surface area contributed by atoms with E-state index in [2.05, 4.69) is 25.9 Å². The normalized spacial score (nSPS) is 14.5. The average Bonchev–Trinajstić information content (AvgIpc) is 3.22. The first-order chi connectivity index (χ1) is 15.2. The lowest BCUT2D eigenvalue weighted by Crippen LogP contribution is -2.24. The van der Waals surface area contributed by atoms with Crippen LogP contribution in [0.3, 0.4) is 0 Å². The third-order valence-electron chi connectivity index (χ3n) is 5.44. The van der Waals surface area contributed by atoms with Crippen LogP contribution in [0, 0.1) is 0 Å². The molecule has 3 heterocycles. The fourth-order valence-electron chi connectivity index (χ4n) is 3.85. The zero-order valence-corrected chi connectivity index (χ0v) is 17.8. The van der Waals surface area contributed by atoms with Crippen molar-refractivity contribution in [1.82, 2.24) is 19.6 Å². The summed E-state index contributed by atoms with van der Waals surface area (Å²) in [5, 5.41) is 14.6. The third kappa shape index (κ3) is 5.29. The lowest BCUT2D eigenvalue weighted by atomic mass is 9.95. The molecule has 1 saturated carbocycles. The van der Waals surface area contributed by atoms with Crippen LogP contribution in [0.25, 0.3) is 5.65 Å². The van der Waals surface area contributed by atoms with Crippen LogP contribution in [0.5, 0.6) is 0 Å². The molecule has 1 aliphatic carbocycles. The Morgan fingerprint density at radius 2 is 2.03 bits per heavy atom. The van der Waals surface area contributed by atoms with Gasteiger partial charge >= 0.3 is 0 Å². The molecule has 0 atom stereocenters. The van der Waals surface area contributed by atoms with Gasteiger partial charge in [0.05, 0.1) is 11.9 Å². The van der Waals surface area contributed by atoms with Gasteiger partial charge in [-0.3, -0.25) is 9.78 Å². The van der Waals surface area contributed by atoms with Gasteiger partial charge in [-0.05, 0) is 31.4 Å². The Hall–Kier alpha value is -3.20. The van der Waals surface area contributed by atoms with Crippen LogP contribution < -0.4 is 16.0 Å². The number of nitrogens with one attached hydrogen (secondary N) is 3. The predicted molar refractivity (Wildman–Crippen MR) is 121 cm³/mol. The van der Waals surface area contributed by atoms with Crippen molar-refractivity contribution in [2.45, 2.75) is 44.6 Å². The molecule has 3 N–H and O–H groups in total. The number of hydrogen-bond acceptors (Lipinski definition) is 7. The number of ether oxygens (including phenoxy) is 1. The third-order valence-corrected chi connectivity index (χ3v) is 5.44. The standard InChI is InChI=1S/C22H29N7O2/c1-31-13-5-10-24-18-14-20(26-16-6-3-2-4-7-16)28-29-19(15-25-21(18)29)22(30)27-17-8-11-23-12-9-17/h8-9,11-12,14-16,24H,2-7,10,13H2,1H3,(H,26,28)(H,23,27,30). The molecule has 0 spiro atoms. The second-order valence-corrected chi connectivity index (χ2v) is 7.76. The van der Waals surface area contributed by atoms with E-state index in [9.17, 15) is 4.79 Å². The van der Waals surface area contributed by atoms with E-state index < -0.39 is 0 Å². The van der Waals surface area contributed by atoms with E-state index >= 15 is 0 Å². The molecule has 9 heteroatoms. The summed E-state index contributed by atoms with van der Waals surface area (Å²) in [7, 11) is 1.69. The first-order valence-electron chi connectivity index (χ1n) is 10.8. The van der Waals surface area contributed by atoms with Gasteiger partial charge in [-0.1, -0.05) is 19.3 Å². The van der Waals surface area contributed by atoms with Crippen LogP contribution in [0.2, 0.25) is 0 Å². The van der Waals surface area contributed by atoms with Crippen LogP contribution in [-0.4, -0.2) is 51.8 Å². The maximum absolute atomic E-state index is 12.9. The van der Waals surface area contributed by atoms with E-state index in [0.717, 1.165) is 37.3 Å². The van der Waals surface area contributed by atoms with Crippen LogP contribution in [0.1, 0.15) is 49.0 Å². The van der Waals surface area contributed by atoms with Crippen LogP contribution in [-0.2, 0) is 4.74 Å². The number of methoxy groups -OCH3 is 1. The monoisotopic (exact) mass is 423 g/mol. The van der Waals surface area contributed by atoms with Crippen molar-refractivity contribution >= 4 is 28.7 Å². The van der Waals surface area contributed by atoms with Gasteiger partial charge in [-0.15, -0.1) is 5.10 Å². The van der Waals surface area contributed by atoms with Gasteiger partial charge in [-0.25, -0.2) is 9.50 Å². The molecule has 9 nitrogen and oxygen atoms in total. The number of anilines is 3. The molecule has 1 fully saturated rings. The minimum Gasteiger partial charge on any atom is -0.385 e. The highest BCUT2D eigenvalue weighted by Gasteiger charge is 2.19. The molecule has 31 heavy (non-hydrogen) atoms. The highest BCUT2D eigenvalue weighted by Crippen LogP contribution is 2.25. The summed E-state index contributed by atoms with van der Waals surface area (Å²) in [6, 6.07) is 5.87. The van der Waals surface area contributed by atoms with Crippen molar-refractivity contribution in [3.8, 4) is 0 Å². The molecule has 1 amide bonds. The number of carbonyl (C=O) groups is 1. The lowest BCUT2D eigenvalue weighted by Gasteiger charge is -2.23. The molecule has 4 rings (SSSR count). The Morgan fingerprint density at radius 1 is 1.23 bits per heavy atom. The maximum atomic E-state index is 12.9. The smallest absolute Gasteiger partial charge is 0.276 e. The van der Waals surface area contributed by atoms with Gasteiger partial charge in [0, 0.05) is 50.5 Å². The molecule has 1 aliphatic rings. The first kappa shape index (κ1) is 21.0. The molecule has 0 radical (unpaired) electrons. The number of hydrogen-bond donors (Lipinski definition) is 3. The molecule has 3 aromatic heterocycles. The van der Waals surface area contributed by atoms with Crippen molar-refractivity contribution < 1.29 is 9.53 Å². The number of amides is 1. The first-order valence-corrected chi connectivity index (χ1v) is 10.8. The van der Waals surface area contributed by atoms with Crippen molar-refractivity contribution in [2.75, 3.05) is 36.2 Å². The Bertz CT molecular complexity index is 1000. The second-order valence-electron chi connectivity index (χ2n) is 7.76. The predicted octanol–water partition coefficient (Wildman–Crippen LogP) is 3.57. The van der Waals surface area contributed by atoms with E-state index in [1.54, 1.807) is 42.3 Å². The van der Waals surface area contributed by atoms with Crippen LogP contribution in [0.15, 0.2) is 36.8 Å². The van der Waals surface area contributed by atoms with Crippen molar-refractivity contribution in [3.05, 3.63) is 42.5 Å². The van der Waals surface area contributed by atoms with Gasteiger partial charge in [-0.2, -0.15) is 0 Å². The minimum atomic E-state index is -0.272. The summed E-state index contributed by atoms with van der Waals surface area (Å²) < 4.78 is 6.75. The number of fused-ring (bicyclic) bond motifs is 1. The number of aromatic nitrogens is 4. The fraction of sp³-hybridized carbons (Fsp3) is 0.455. The van der Waals surface area contributed by atoms with E-state index in [4.69, 9.17) is 9.84 Å². The molecule has 3 aromatic rings. The summed E-state index contributed by atoms with van der Waals surface area (Å²) in [4.78, 5) is 21.4. The van der Waals surface area contributed by atoms with Gasteiger partial charge in [0.15, 0.2) is 11.3 Å². The highest BCUT2D eigenvalue weighted by atomic mass is 16.5. The SMILES string of the molecule is COCCCNc1cc(NC2CCCCC2)nn2c(C(=O)Nc3ccncc3)cnc12. The molecular weight excluding hydrogens is 394 g/mol. The summed E-state index contributed by atoms with van der Waals surface area (Å²) in [6.07, 6.45) is 11.7. The van der Waals surface area contributed by atoms with E-state index in [1.807, 2.05) is 6.07 Å². The Balaban J connectivity index is 1.61. The summed E-state index contributed by atoms with van der Waals surface area (Å²) in [5.74, 6) is 0.468. The lowest BCUT2D eigenvalue weighted by molar-refractivity contribution is 0.102. The molecule has 0 bridgehead atoms. The topological polar surface area (TPSA) is 105 Å². The highest BCUT2D eigenvalue weighted by molar-refractivity contribution is 6.03. The zero-order valence-electron chi connectivity index (χ0n) is 17.8. The van der Waals surface area contributed by atoms with Gasteiger partial charge in [0.1, 0.15) is 5.82 Å². The average molecular weight is 424 g/mol. The summed E-state index contributed by atoms with van der Waals surface area (Å²) in [6.45, 7) is 1.41. The quantitative estimate of drug-likeness (QED) is 0.452. The van der Waals surface area contributed by atoms with Crippen LogP contribution in [0.4, 0.5) is 17.2 Å². The summed E-state index contributed by atoms with van der Waals surface area (Å²) in [5.41, 5.74) is 2.50. The Morgan fingerprint density at radius 3 is 2.81 bits per heavy atom. The number of nitrogens with zero attached hydrogens (tertiary/aromatic N) is 4. The van der Waals surface area contributed by atoms with Gasteiger partial charge < -0.3 is 20.7 Å². The molecule has 164 valence electrons.